The highest BCUT2D eigenvalue weighted by Gasteiger charge is 2.70. The summed E-state index contributed by atoms with van der Waals surface area (Å²) in [5, 5.41) is 9.43. The number of hydrogen-bond donors (Lipinski definition) is 1. The van der Waals surface area contributed by atoms with E-state index in [1.807, 2.05) is 12.1 Å². The molecule has 3 fully saturated rings. The SMILES string of the molecule is O=C(OC1C2CC3C1OC(=O)C3C2C(=O)Oc1ccc(O)cc1)c1c(I)ccc(I)c1I. The number of fused-ring (bicyclic) bond motifs is 1. The van der Waals surface area contributed by atoms with Gasteiger partial charge >= 0.3 is 17.9 Å². The highest BCUT2D eigenvalue weighted by atomic mass is 127. The third kappa shape index (κ3) is 3.69. The van der Waals surface area contributed by atoms with Crippen LogP contribution in [-0.2, 0) is 19.1 Å². The molecular weight excluding hydrogens is 757 g/mol. The second-order valence-electron chi connectivity index (χ2n) is 8.02. The molecule has 2 saturated carbocycles. The summed E-state index contributed by atoms with van der Waals surface area (Å²) in [6, 6.07) is 9.57. The number of esters is 3. The summed E-state index contributed by atoms with van der Waals surface area (Å²) in [6.07, 6.45) is -0.663. The largest absolute Gasteiger partial charge is 0.508 e. The van der Waals surface area contributed by atoms with Crippen molar-refractivity contribution in [3.63, 3.8) is 0 Å². The van der Waals surface area contributed by atoms with E-state index >= 15 is 0 Å². The van der Waals surface area contributed by atoms with Gasteiger partial charge in [-0.3, -0.25) is 9.59 Å². The van der Waals surface area contributed by atoms with Crippen LogP contribution in [0.3, 0.4) is 0 Å². The van der Waals surface area contributed by atoms with E-state index < -0.39 is 42.0 Å². The Morgan fingerprint density at radius 3 is 2.41 bits per heavy atom. The standard InChI is InChI=1S/C22H15I3O7/c23-12-5-6-13(24)17(25)16(12)22(29)32-19-10-7-11-15(21(28)31-18(11)19)14(10)20(27)30-9-3-1-8(26)2-4-9/h1-6,10-11,14-15,18-19,26H,7H2. The molecule has 2 aromatic rings. The number of carbonyl (C=O) groups excluding carboxylic acids is 3. The molecule has 166 valence electrons. The second-order valence-corrected chi connectivity index (χ2v) is 11.4. The first-order valence-electron chi connectivity index (χ1n) is 9.82. The summed E-state index contributed by atoms with van der Waals surface area (Å²) in [5.74, 6) is -3.00. The molecule has 10 heteroatoms. The van der Waals surface area contributed by atoms with Gasteiger partial charge in [0.05, 0.1) is 17.4 Å². The lowest BCUT2D eigenvalue weighted by molar-refractivity contribution is -0.149. The predicted molar refractivity (Wildman–Crippen MR) is 136 cm³/mol. The molecule has 6 unspecified atom stereocenters. The van der Waals surface area contributed by atoms with Crippen molar-refractivity contribution >= 4 is 85.7 Å². The minimum atomic E-state index is -0.744. The molecule has 7 nitrogen and oxygen atoms in total. The van der Waals surface area contributed by atoms with Crippen molar-refractivity contribution < 1.29 is 33.7 Å². The number of rotatable bonds is 4. The Morgan fingerprint density at radius 2 is 1.69 bits per heavy atom. The van der Waals surface area contributed by atoms with Crippen molar-refractivity contribution in [1.29, 1.82) is 0 Å². The summed E-state index contributed by atoms with van der Waals surface area (Å²) in [4.78, 5) is 38.7. The molecule has 1 aliphatic heterocycles. The van der Waals surface area contributed by atoms with Gasteiger partial charge in [0, 0.05) is 22.5 Å². The third-order valence-electron chi connectivity index (χ3n) is 6.36. The minimum absolute atomic E-state index is 0.0544. The first-order chi connectivity index (χ1) is 15.3. The summed E-state index contributed by atoms with van der Waals surface area (Å²) in [6.45, 7) is 0. The molecule has 1 saturated heterocycles. The number of carbonyl (C=O) groups is 3. The van der Waals surface area contributed by atoms with Gasteiger partial charge in [-0.05, 0) is 111 Å². The Kier molecular flexibility index (Phi) is 6.05. The van der Waals surface area contributed by atoms with Crippen LogP contribution >= 0.6 is 67.8 Å². The van der Waals surface area contributed by atoms with E-state index in [0.717, 1.165) is 10.7 Å². The zero-order chi connectivity index (χ0) is 22.7. The van der Waals surface area contributed by atoms with Crippen molar-refractivity contribution in [2.45, 2.75) is 18.6 Å². The van der Waals surface area contributed by atoms with E-state index in [4.69, 9.17) is 14.2 Å². The van der Waals surface area contributed by atoms with Crippen molar-refractivity contribution in [3.8, 4) is 11.5 Å². The zero-order valence-corrected chi connectivity index (χ0v) is 22.6. The van der Waals surface area contributed by atoms with E-state index in [-0.39, 0.29) is 23.3 Å². The lowest BCUT2D eigenvalue weighted by Crippen LogP contribution is -2.44. The van der Waals surface area contributed by atoms with Crippen LogP contribution in [0, 0.1) is 34.4 Å². The third-order valence-corrected chi connectivity index (χ3v) is 10.3. The smallest absolute Gasteiger partial charge is 0.340 e. The van der Waals surface area contributed by atoms with Crippen molar-refractivity contribution in [3.05, 3.63) is 52.7 Å². The fourth-order valence-electron chi connectivity index (χ4n) is 5.06. The number of phenols is 1. The van der Waals surface area contributed by atoms with Crippen molar-refractivity contribution in [1.82, 2.24) is 0 Å². The molecule has 0 aromatic heterocycles. The molecule has 6 atom stereocenters. The molecule has 2 bridgehead atoms. The van der Waals surface area contributed by atoms with E-state index in [2.05, 4.69) is 67.8 Å². The van der Waals surface area contributed by atoms with Gasteiger partial charge in [0.25, 0.3) is 0 Å². The van der Waals surface area contributed by atoms with Crippen molar-refractivity contribution in [2.75, 3.05) is 0 Å². The topological polar surface area (TPSA) is 99.1 Å². The number of ether oxygens (including phenoxy) is 3. The van der Waals surface area contributed by atoms with Gasteiger partial charge < -0.3 is 19.3 Å². The Balaban J connectivity index is 1.40. The molecule has 0 spiro atoms. The van der Waals surface area contributed by atoms with Gasteiger partial charge in [0.1, 0.15) is 23.7 Å². The van der Waals surface area contributed by atoms with Crippen LogP contribution < -0.4 is 4.74 Å². The average Bonchev–Trinajstić information content (AvgIpc) is 3.36. The lowest BCUT2D eigenvalue weighted by atomic mass is 9.78. The Bertz CT molecular complexity index is 1130. The molecule has 1 N–H and O–H groups in total. The Morgan fingerprint density at radius 1 is 1.00 bits per heavy atom. The van der Waals surface area contributed by atoms with Gasteiger partial charge in [-0.1, -0.05) is 0 Å². The van der Waals surface area contributed by atoms with Crippen LogP contribution in [0.2, 0.25) is 0 Å². The lowest BCUT2D eigenvalue weighted by Gasteiger charge is -2.30. The molecule has 0 amide bonds. The fraction of sp³-hybridized carbons (Fsp3) is 0.318. The van der Waals surface area contributed by atoms with Crippen molar-refractivity contribution in [2.24, 2.45) is 23.7 Å². The van der Waals surface area contributed by atoms with Gasteiger partial charge in [-0.2, -0.15) is 0 Å². The summed E-state index contributed by atoms with van der Waals surface area (Å²) in [7, 11) is 0. The molecule has 32 heavy (non-hydrogen) atoms. The van der Waals surface area contributed by atoms with Crippen LogP contribution in [-0.4, -0.2) is 35.2 Å². The molecular formula is C22H15I3O7. The van der Waals surface area contributed by atoms with E-state index in [0.29, 0.717) is 12.0 Å². The maximum Gasteiger partial charge on any atom is 0.340 e. The monoisotopic (exact) mass is 772 g/mol. The average molecular weight is 772 g/mol. The summed E-state index contributed by atoms with van der Waals surface area (Å²) >= 11 is 6.38. The van der Waals surface area contributed by atoms with Crippen LogP contribution in [0.1, 0.15) is 16.8 Å². The van der Waals surface area contributed by atoms with Crippen LogP contribution in [0.5, 0.6) is 11.5 Å². The van der Waals surface area contributed by atoms with Gasteiger partial charge in [0.15, 0.2) is 0 Å². The predicted octanol–water partition coefficient (Wildman–Crippen LogP) is 4.14. The van der Waals surface area contributed by atoms with Crippen LogP contribution in [0.25, 0.3) is 0 Å². The number of aromatic hydroxyl groups is 1. The quantitative estimate of drug-likeness (QED) is 0.216. The maximum atomic E-state index is 13.1. The molecule has 2 aliphatic carbocycles. The number of hydrogen-bond acceptors (Lipinski definition) is 7. The summed E-state index contributed by atoms with van der Waals surface area (Å²) < 4.78 is 19.5. The van der Waals surface area contributed by atoms with Gasteiger partial charge in [0.2, 0.25) is 0 Å². The molecule has 5 rings (SSSR count). The van der Waals surface area contributed by atoms with Gasteiger partial charge in [-0.15, -0.1) is 0 Å². The first-order valence-corrected chi connectivity index (χ1v) is 13.1. The highest BCUT2D eigenvalue weighted by Crippen LogP contribution is 2.59. The Hall–Kier alpha value is -1.16. The summed E-state index contributed by atoms with van der Waals surface area (Å²) in [5.41, 5.74) is 0.477. The van der Waals surface area contributed by atoms with E-state index in [1.54, 1.807) is 0 Å². The normalized spacial score (nSPS) is 29.7. The molecule has 0 radical (unpaired) electrons. The zero-order valence-electron chi connectivity index (χ0n) is 16.2. The molecule has 2 aromatic carbocycles. The Labute approximate surface area is 224 Å². The van der Waals surface area contributed by atoms with Crippen LogP contribution in [0.15, 0.2) is 36.4 Å². The maximum absolute atomic E-state index is 13.1. The van der Waals surface area contributed by atoms with E-state index in [1.165, 1.54) is 24.3 Å². The first kappa shape index (κ1) is 22.6. The number of phenolic OH excluding ortho intramolecular Hbond substituents is 1. The highest BCUT2D eigenvalue weighted by molar-refractivity contribution is 14.1. The fourth-order valence-corrected chi connectivity index (χ4v) is 7.39. The number of benzene rings is 2. The molecule has 1 heterocycles. The minimum Gasteiger partial charge on any atom is -0.508 e. The second kappa shape index (κ2) is 8.56. The number of halogens is 3. The van der Waals surface area contributed by atoms with E-state index in [9.17, 15) is 19.5 Å². The van der Waals surface area contributed by atoms with Gasteiger partial charge in [-0.25, -0.2) is 4.79 Å². The molecule has 3 aliphatic rings. The van der Waals surface area contributed by atoms with Crippen LogP contribution in [0.4, 0.5) is 0 Å².